The van der Waals surface area contributed by atoms with Gasteiger partial charge in [-0.05, 0) is 0 Å². The molecule has 0 radical (unpaired) electrons. The lowest BCUT2D eigenvalue weighted by atomic mass is 10.4. The van der Waals surface area contributed by atoms with Gasteiger partial charge in [-0.15, -0.1) is 0 Å². The summed E-state index contributed by atoms with van der Waals surface area (Å²) in [6.45, 7) is 0. The Morgan fingerprint density at radius 3 is 1.11 bits per heavy atom. The van der Waals surface area contributed by atoms with Crippen molar-refractivity contribution in [2.75, 3.05) is 0 Å². The van der Waals surface area contributed by atoms with Crippen LogP contribution in [0.5, 0.6) is 0 Å². The first kappa shape index (κ1) is 7.69. The monoisotopic (exact) mass is 122 g/mol. The predicted molar refractivity (Wildman–Crippen MR) is 39.4 cm³/mol. The molecule has 3 N–H and O–H groups in total. The van der Waals surface area contributed by atoms with Crippen LogP contribution in [0.15, 0.2) is 36.4 Å². The molecule has 1 aromatic rings. The molecular weight excluding hydrogens is 112 g/mol. The first-order valence-corrected chi connectivity index (χ1v) is 2.62. The SMILES string of the molecule is N=CN.c1ccccc1. The van der Waals surface area contributed by atoms with Crippen LogP contribution in [0, 0.1) is 5.41 Å². The van der Waals surface area contributed by atoms with E-state index in [4.69, 9.17) is 5.41 Å². The van der Waals surface area contributed by atoms with Gasteiger partial charge in [-0.3, -0.25) is 5.41 Å². The third-order valence-corrected chi connectivity index (χ3v) is 0.667. The molecule has 9 heavy (non-hydrogen) atoms. The molecule has 2 heteroatoms. The van der Waals surface area contributed by atoms with E-state index in [0.29, 0.717) is 0 Å². The molecule has 0 saturated heterocycles. The van der Waals surface area contributed by atoms with Crippen molar-refractivity contribution < 1.29 is 0 Å². The largest absolute Gasteiger partial charge is 0.390 e. The van der Waals surface area contributed by atoms with E-state index in [2.05, 4.69) is 5.73 Å². The van der Waals surface area contributed by atoms with E-state index < -0.39 is 0 Å². The van der Waals surface area contributed by atoms with E-state index in [9.17, 15) is 0 Å². The summed E-state index contributed by atoms with van der Waals surface area (Å²) >= 11 is 0. The molecule has 0 heterocycles. The molecule has 0 unspecified atom stereocenters. The summed E-state index contributed by atoms with van der Waals surface area (Å²) < 4.78 is 0. The second-order valence-corrected chi connectivity index (χ2v) is 1.32. The van der Waals surface area contributed by atoms with Crippen molar-refractivity contribution in [3.8, 4) is 0 Å². The lowest BCUT2D eigenvalue weighted by molar-refractivity contribution is 1.52. The maximum Gasteiger partial charge on any atom is 0.0765 e. The van der Waals surface area contributed by atoms with Crippen LogP contribution in [0.3, 0.4) is 0 Å². The number of hydrogen-bond acceptors (Lipinski definition) is 1. The lowest BCUT2D eigenvalue weighted by Crippen LogP contribution is -1.81. The molecule has 0 fully saturated rings. The van der Waals surface area contributed by atoms with Gasteiger partial charge in [-0.1, -0.05) is 36.4 Å². The predicted octanol–water partition coefficient (Wildman–Crippen LogP) is 1.24. The van der Waals surface area contributed by atoms with Crippen molar-refractivity contribution >= 4 is 6.34 Å². The molecule has 0 bridgehead atoms. The summed E-state index contributed by atoms with van der Waals surface area (Å²) in [7, 11) is 0. The Morgan fingerprint density at radius 1 is 0.889 bits per heavy atom. The number of nitrogens with two attached hydrogens (primary N) is 1. The van der Waals surface area contributed by atoms with Crippen LogP contribution in [-0.4, -0.2) is 6.34 Å². The summed E-state index contributed by atoms with van der Waals surface area (Å²) in [5.41, 5.74) is 4.39. The molecule has 2 nitrogen and oxygen atoms in total. The van der Waals surface area contributed by atoms with Gasteiger partial charge in [0.1, 0.15) is 0 Å². The Kier molecular flexibility index (Phi) is 5.72. The standard InChI is InChI=1S/C6H6.CH4N2/c1-2-4-6-5-3-1;2-1-3/h1-6H;1H,(H3,2,3). The van der Waals surface area contributed by atoms with Gasteiger partial charge in [-0.2, -0.15) is 0 Å². The van der Waals surface area contributed by atoms with Crippen LogP contribution in [0.2, 0.25) is 0 Å². The fraction of sp³-hybridized carbons (Fsp3) is 0. The highest BCUT2D eigenvalue weighted by molar-refractivity contribution is 5.46. The molecule has 1 aromatic carbocycles. The lowest BCUT2D eigenvalue weighted by Gasteiger charge is -1.69. The summed E-state index contributed by atoms with van der Waals surface area (Å²) in [4.78, 5) is 0. The Morgan fingerprint density at radius 2 is 1.00 bits per heavy atom. The average molecular weight is 122 g/mol. The topological polar surface area (TPSA) is 49.9 Å². The summed E-state index contributed by atoms with van der Waals surface area (Å²) in [6.07, 6.45) is 0.750. The minimum Gasteiger partial charge on any atom is -0.390 e. The molecule has 48 valence electrons. The van der Waals surface area contributed by atoms with E-state index in [1.165, 1.54) is 0 Å². The Bertz CT molecular complexity index is 110. The summed E-state index contributed by atoms with van der Waals surface area (Å²) in [6, 6.07) is 12.0. The normalized spacial score (nSPS) is 6.67. The highest BCUT2D eigenvalue weighted by atomic mass is 14.6. The van der Waals surface area contributed by atoms with Crippen molar-refractivity contribution in [1.82, 2.24) is 0 Å². The van der Waals surface area contributed by atoms with E-state index in [1.54, 1.807) is 0 Å². The van der Waals surface area contributed by atoms with Gasteiger partial charge >= 0.3 is 0 Å². The molecular formula is C7H10N2. The zero-order chi connectivity index (χ0) is 6.95. The van der Waals surface area contributed by atoms with Gasteiger partial charge in [0.2, 0.25) is 0 Å². The molecule has 0 saturated carbocycles. The molecule has 1 rings (SSSR count). The van der Waals surface area contributed by atoms with Crippen LogP contribution in [0.4, 0.5) is 0 Å². The van der Waals surface area contributed by atoms with Crippen LogP contribution < -0.4 is 5.73 Å². The highest BCUT2D eigenvalue weighted by Gasteiger charge is 1.57. The highest BCUT2D eigenvalue weighted by Crippen LogP contribution is 1.79. The molecule has 0 atom stereocenters. The van der Waals surface area contributed by atoms with Gasteiger partial charge in [0.25, 0.3) is 0 Å². The van der Waals surface area contributed by atoms with E-state index in [1.807, 2.05) is 36.4 Å². The second kappa shape index (κ2) is 6.69. The first-order valence-electron chi connectivity index (χ1n) is 2.62. The summed E-state index contributed by atoms with van der Waals surface area (Å²) in [5, 5.41) is 5.86. The fourth-order valence-electron chi connectivity index (χ4n) is 0.385. The van der Waals surface area contributed by atoms with Crippen molar-refractivity contribution in [3.63, 3.8) is 0 Å². The van der Waals surface area contributed by atoms with Gasteiger partial charge in [0.05, 0.1) is 6.34 Å². The van der Waals surface area contributed by atoms with E-state index >= 15 is 0 Å². The quantitative estimate of drug-likeness (QED) is 0.394. The third kappa shape index (κ3) is 6.69. The second-order valence-electron chi connectivity index (χ2n) is 1.32. The number of benzene rings is 1. The summed E-state index contributed by atoms with van der Waals surface area (Å²) in [5.74, 6) is 0. The van der Waals surface area contributed by atoms with Crippen LogP contribution in [0.25, 0.3) is 0 Å². The van der Waals surface area contributed by atoms with Crippen molar-refractivity contribution in [1.29, 1.82) is 5.41 Å². The van der Waals surface area contributed by atoms with E-state index in [-0.39, 0.29) is 0 Å². The smallest absolute Gasteiger partial charge is 0.0765 e. The first-order chi connectivity index (χ1) is 4.41. The number of rotatable bonds is 0. The molecule has 0 aliphatic heterocycles. The molecule has 0 aliphatic carbocycles. The zero-order valence-corrected chi connectivity index (χ0v) is 5.12. The Balaban J connectivity index is 0.000000187. The van der Waals surface area contributed by atoms with Crippen molar-refractivity contribution in [3.05, 3.63) is 36.4 Å². The van der Waals surface area contributed by atoms with Crippen LogP contribution in [-0.2, 0) is 0 Å². The maximum absolute atomic E-state index is 5.86. The Hall–Kier alpha value is -1.31. The molecule has 0 aliphatic rings. The number of nitrogens with one attached hydrogen (secondary N) is 1. The van der Waals surface area contributed by atoms with Gasteiger partial charge in [0, 0.05) is 0 Å². The maximum atomic E-state index is 5.86. The van der Waals surface area contributed by atoms with Gasteiger partial charge in [0.15, 0.2) is 0 Å². The average Bonchev–Trinajstić information content (AvgIpc) is 1.93. The molecule has 0 aromatic heterocycles. The van der Waals surface area contributed by atoms with Crippen LogP contribution >= 0.6 is 0 Å². The van der Waals surface area contributed by atoms with Gasteiger partial charge < -0.3 is 5.73 Å². The minimum absolute atomic E-state index is 0.750. The molecule has 0 amide bonds. The van der Waals surface area contributed by atoms with Crippen molar-refractivity contribution in [2.24, 2.45) is 5.73 Å². The Labute approximate surface area is 54.8 Å². The zero-order valence-electron chi connectivity index (χ0n) is 5.12. The minimum atomic E-state index is 0.750. The molecule has 0 spiro atoms. The fourth-order valence-corrected chi connectivity index (χ4v) is 0.385. The van der Waals surface area contributed by atoms with Gasteiger partial charge in [-0.25, -0.2) is 0 Å². The van der Waals surface area contributed by atoms with E-state index in [0.717, 1.165) is 6.34 Å². The van der Waals surface area contributed by atoms with Crippen LogP contribution in [0.1, 0.15) is 0 Å². The third-order valence-electron chi connectivity index (χ3n) is 0.667. The van der Waals surface area contributed by atoms with Crippen molar-refractivity contribution in [2.45, 2.75) is 0 Å². The number of hydrogen-bond donors (Lipinski definition) is 2.